The zero-order chi connectivity index (χ0) is 18.3. The molecule has 0 spiro atoms. The van der Waals surface area contributed by atoms with E-state index >= 15 is 0 Å². The van der Waals surface area contributed by atoms with E-state index in [2.05, 4.69) is 20.9 Å². The highest BCUT2D eigenvalue weighted by Gasteiger charge is 2.35. The summed E-state index contributed by atoms with van der Waals surface area (Å²) in [5, 5.41) is 0.254. The molecule has 1 aromatic carbocycles. The summed E-state index contributed by atoms with van der Waals surface area (Å²) in [4.78, 5) is 4.00. The molecule has 3 heterocycles. The first kappa shape index (κ1) is 17.8. The number of nitrogens with two attached hydrogens (primary N) is 1. The molecule has 9 heteroatoms. The molecule has 0 amide bonds. The van der Waals surface area contributed by atoms with E-state index in [1.165, 1.54) is 6.07 Å². The number of rotatable bonds is 4. The van der Waals surface area contributed by atoms with Crippen LogP contribution in [0.3, 0.4) is 0 Å². The number of pyridine rings is 1. The molecule has 2 aromatic rings. The molecule has 0 aliphatic carbocycles. The van der Waals surface area contributed by atoms with Crippen LogP contribution in [0.4, 0.5) is 10.2 Å². The van der Waals surface area contributed by atoms with Crippen molar-refractivity contribution in [1.29, 1.82) is 0 Å². The Morgan fingerprint density at radius 2 is 2.08 bits per heavy atom. The molecule has 1 fully saturated rings. The van der Waals surface area contributed by atoms with Gasteiger partial charge in [-0.3, -0.25) is 0 Å². The molecule has 4 rings (SSSR count). The zero-order valence-electron chi connectivity index (χ0n) is 13.5. The fraction of sp³-hybridized carbons (Fsp3) is 0.353. The summed E-state index contributed by atoms with van der Waals surface area (Å²) in [6, 6.07) is 4.62. The van der Waals surface area contributed by atoms with Gasteiger partial charge in [-0.05, 0) is 28.1 Å². The van der Waals surface area contributed by atoms with Crippen molar-refractivity contribution in [2.75, 3.05) is 32.2 Å². The first-order valence-electron chi connectivity index (χ1n) is 7.97. The highest BCUT2D eigenvalue weighted by Crippen LogP contribution is 2.43. The molecular weight excluding hydrogens is 431 g/mol. The zero-order valence-corrected chi connectivity index (χ0v) is 15.8. The monoisotopic (exact) mass is 444 g/mol. The molecule has 1 saturated heterocycles. The molecule has 0 bridgehead atoms. The second-order valence-corrected chi connectivity index (χ2v) is 7.12. The minimum absolute atomic E-state index is 0.180. The van der Waals surface area contributed by atoms with Crippen molar-refractivity contribution in [3.63, 3.8) is 0 Å². The van der Waals surface area contributed by atoms with Crippen LogP contribution in [0.15, 0.2) is 22.7 Å². The number of ether oxygens (including phenoxy) is 4. The average Bonchev–Trinajstić information content (AvgIpc) is 3.27. The predicted octanol–water partition coefficient (Wildman–Crippen LogP) is 3.82. The van der Waals surface area contributed by atoms with E-state index in [0.29, 0.717) is 46.9 Å². The van der Waals surface area contributed by atoms with Crippen LogP contribution in [0.25, 0.3) is 0 Å². The summed E-state index contributed by atoms with van der Waals surface area (Å²) >= 11 is 9.20. The Labute approximate surface area is 162 Å². The lowest BCUT2D eigenvalue weighted by atomic mass is 9.95. The number of aromatic nitrogens is 1. The lowest BCUT2D eigenvalue weighted by Gasteiger charge is -2.18. The summed E-state index contributed by atoms with van der Waals surface area (Å²) in [6.07, 6.45) is -0.731. The fourth-order valence-electron chi connectivity index (χ4n) is 3.08. The Balaban J connectivity index is 1.60. The standard InChI is InChI=1S/C17H15BrClFN2O4/c18-9-5-12(16(21)22-15(9)19)26-7-8-6-25-11-2-1-10(20)14(13(8)11)17-23-3-4-24-17/h1-2,5,8,17H,3-4,6-7H2,(H2,21,22)/t8-/m1/s1. The van der Waals surface area contributed by atoms with Crippen molar-refractivity contribution in [1.82, 2.24) is 4.98 Å². The van der Waals surface area contributed by atoms with Gasteiger partial charge in [0, 0.05) is 11.6 Å². The lowest BCUT2D eigenvalue weighted by molar-refractivity contribution is -0.0472. The van der Waals surface area contributed by atoms with Gasteiger partial charge in [-0.15, -0.1) is 0 Å². The van der Waals surface area contributed by atoms with Crippen molar-refractivity contribution in [3.8, 4) is 11.5 Å². The number of halogens is 3. The van der Waals surface area contributed by atoms with E-state index in [9.17, 15) is 4.39 Å². The molecule has 0 unspecified atom stereocenters. The maximum absolute atomic E-state index is 14.5. The van der Waals surface area contributed by atoms with Crippen LogP contribution in [0.5, 0.6) is 11.5 Å². The molecular formula is C17H15BrClFN2O4. The van der Waals surface area contributed by atoms with Gasteiger partial charge in [0.05, 0.1) is 42.4 Å². The third-order valence-corrected chi connectivity index (χ3v) is 5.39. The van der Waals surface area contributed by atoms with Crippen LogP contribution >= 0.6 is 27.5 Å². The van der Waals surface area contributed by atoms with Crippen molar-refractivity contribution >= 4 is 33.3 Å². The molecule has 138 valence electrons. The summed E-state index contributed by atoms with van der Waals surface area (Å²) in [7, 11) is 0. The minimum Gasteiger partial charge on any atom is -0.492 e. The maximum atomic E-state index is 14.5. The first-order valence-corrected chi connectivity index (χ1v) is 9.14. The molecule has 0 radical (unpaired) electrons. The number of nitrogen functional groups attached to an aromatic ring is 1. The average molecular weight is 446 g/mol. The SMILES string of the molecule is Nc1nc(Cl)c(Br)cc1OC[C@H]1COc2ccc(F)c(C3OCCO3)c21. The van der Waals surface area contributed by atoms with Gasteiger partial charge in [-0.25, -0.2) is 9.37 Å². The number of hydrogen-bond donors (Lipinski definition) is 1. The predicted molar refractivity (Wildman–Crippen MR) is 96.1 cm³/mol. The Kier molecular flexibility index (Phi) is 4.92. The molecule has 2 aliphatic heterocycles. The van der Waals surface area contributed by atoms with Crippen molar-refractivity contribution in [2.24, 2.45) is 0 Å². The second-order valence-electron chi connectivity index (χ2n) is 5.91. The maximum Gasteiger partial charge on any atom is 0.187 e. The van der Waals surface area contributed by atoms with E-state index in [-0.39, 0.29) is 29.3 Å². The largest absolute Gasteiger partial charge is 0.492 e. The third-order valence-electron chi connectivity index (χ3n) is 4.27. The van der Waals surface area contributed by atoms with Crippen LogP contribution < -0.4 is 15.2 Å². The Morgan fingerprint density at radius 1 is 1.31 bits per heavy atom. The lowest BCUT2D eigenvalue weighted by Crippen LogP contribution is -2.16. The van der Waals surface area contributed by atoms with E-state index in [1.807, 2.05) is 0 Å². The molecule has 1 aromatic heterocycles. The van der Waals surface area contributed by atoms with Crippen molar-refractivity contribution in [3.05, 3.63) is 44.8 Å². The summed E-state index contributed by atoms with van der Waals surface area (Å²) in [5.41, 5.74) is 6.93. The molecule has 26 heavy (non-hydrogen) atoms. The number of hydrogen-bond acceptors (Lipinski definition) is 6. The van der Waals surface area contributed by atoms with Crippen LogP contribution in [0.1, 0.15) is 23.3 Å². The molecule has 6 nitrogen and oxygen atoms in total. The first-order chi connectivity index (χ1) is 12.5. The Hall–Kier alpha value is -1.61. The van der Waals surface area contributed by atoms with Gasteiger partial charge in [0.15, 0.2) is 17.9 Å². The summed E-state index contributed by atoms with van der Waals surface area (Å²) in [5.74, 6) is 0.594. The smallest absolute Gasteiger partial charge is 0.187 e. The number of benzene rings is 1. The molecule has 2 aliphatic rings. The minimum atomic E-state index is -0.731. The van der Waals surface area contributed by atoms with Gasteiger partial charge in [-0.1, -0.05) is 11.6 Å². The van der Waals surface area contributed by atoms with Crippen molar-refractivity contribution < 1.29 is 23.3 Å². The Bertz CT molecular complexity index is 848. The fourth-order valence-corrected chi connectivity index (χ4v) is 3.52. The van der Waals surface area contributed by atoms with Gasteiger partial charge in [-0.2, -0.15) is 0 Å². The van der Waals surface area contributed by atoms with E-state index < -0.39 is 6.29 Å². The number of fused-ring (bicyclic) bond motifs is 1. The summed E-state index contributed by atoms with van der Waals surface area (Å²) < 4.78 is 37.6. The second kappa shape index (κ2) is 7.19. The highest BCUT2D eigenvalue weighted by atomic mass is 79.9. The van der Waals surface area contributed by atoms with Gasteiger partial charge in [0.25, 0.3) is 0 Å². The van der Waals surface area contributed by atoms with Gasteiger partial charge in [0.1, 0.15) is 16.7 Å². The van der Waals surface area contributed by atoms with Crippen LogP contribution in [-0.4, -0.2) is 31.4 Å². The Morgan fingerprint density at radius 3 is 2.85 bits per heavy atom. The molecule has 1 atom stereocenters. The van der Waals surface area contributed by atoms with Crippen molar-refractivity contribution in [2.45, 2.75) is 12.2 Å². The molecule has 0 saturated carbocycles. The quantitative estimate of drug-likeness (QED) is 0.721. The van der Waals surface area contributed by atoms with Crippen LogP contribution in [0.2, 0.25) is 5.15 Å². The normalized spacial score (nSPS) is 19.4. The van der Waals surface area contributed by atoms with Gasteiger partial charge >= 0.3 is 0 Å². The number of nitrogens with zero attached hydrogens (tertiary/aromatic N) is 1. The highest BCUT2D eigenvalue weighted by molar-refractivity contribution is 9.10. The topological polar surface area (TPSA) is 75.8 Å². The van der Waals surface area contributed by atoms with Crippen LogP contribution in [-0.2, 0) is 9.47 Å². The molecule has 2 N–H and O–H groups in total. The van der Waals surface area contributed by atoms with Crippen LogP contribution in [0, 0.1) is 5.82 Å². The van der Waals surface area contributed by atoms with E-state index in [4.69, 9.17) is 36.3 Å². The van der Waals surface area contributed by atoms with E-state index in [1.54, 1.807) is 12.1 Å². The van der Waals surface area contributed by atoms with E-state index in [0.717, 1.165) is 0 Å². The number of anilines is 1. The van der Waals surface area contributed by atoms with Gasteiger partial charge in [0.2, 0.25) is 0 Å². The summed E-state index contributed by atoms with van der Waals surface area (Å²) in [6.45, 7) is 1.45. The third kappa shape index (κ3) is 3.22. The van der Waals surface area contributed by atoms with Gasteiger partial charge < -0.3 is 24.7 Å².